The highest BCUT2D eigenvalue weighted by Crippen LogP contribution is 2.22. The van der Waals surface area contributed by atoms with Crippen molar-refractivity contribution in [2.45, 2.75) is 0 Å². The molecule has 0 amide bonds. The molecule has 0 saturated heterocycles. The van der Waals surface area contributed by atoms with Gasteiger partial charge in [-0.05, 0) is 36.4 Å². The number of fused-ring (bicyclic) bond motifs is 2. The molecule has 0 atom stereocenters. The van der Waals surface area contributed by atoms with Crippen LogP contribution in [0, 0.1) is 0 Å². The molecule has 4 nitrogen and oxygen atoms in total. The van der Waals surface area contributed by atoms with Crippen molar-refractivity contribution in [3.05, 3.63) is 54.9 Å². The maximum atomic E-state index is 4.54. The number of nitrogens with zero attached hydrogens (tertiary/aromatic N) is 4. The molecule has 0 bridgehead atoms. The normalized spacial score (nSPS) is 11.4. The summed E-state index contributed by atoms with van der Waals surface area (Å²) in [7, 11) is 2.05. The quantitative estimate of drug-likeness (QED) is 0.519. The van der Waals surface area contributed by atoms with Gasteiger partial charge in [-0.2, -0.15) is 0 Å². The van der Waals surface area contributed by atoms with E-state index in [1.165, 1.54) is 10.9 Å². The molecule has 0 unspecified atom stereocenters. The topological polar surface area (TPSA) is 35.1 Å². The predicted octanol–water partition coefficient (Wildman–Crippen LogP) is 2.89. The van der Waals surface area contributed by atoms with Gasteiger partial charge in [0.2, 0.25) is 0 Å². The highest BCUT2D eigenvalue weighted by molar-refractivity contribution is 5.84. The first-order valence-corrected chi connectivity index (χ1v) is 6.18. The fraction of sp³-hybridized carbons (Fsp3) is 0.0667. The fourth-order valence-electron chi connectivity index (χ4n) is 2.37. The summed E-state index contributed by atoms with van der Waals surface area (Å²) in [5.74, 6) is 0.761. The highest BCUT2D eigenvalue weighted by Gasteiger charge is 2.07. The molecular weight excluding hydrogens is 236 g/mol. The third-order valence-electron chi connectivity index (χ3n) is 3.38. The Morgan fingerprint density at radius 2 is 1.95 bits per heavy atom. The van der Waals surface area contributed by atoms with Gasteiger partial charge in [-0.15, -0.1) is 5.10 Å². The highest BCUT2D eigenvalue weighted by atomic mass is 15.3. The van der Waals surface area contributed by atoms with Crippen LogP contribution in [0.2, 0.25) is 0 Å². The lowest BCUT2D eigenvalue weighted by Gasteiger charge is -1.98. The summed E-state index contributed by atoms with van der Waals surface area (Å²) in [5.41, 5.74) is 3.13. The van der Waals surface area contributed by atoms with Crippen molar-refractivity contribution in [2.24, 2.45) is 7.05 Å². The molecule has 0 aliphatic carbocycles. The Morgan fingerprint density at radius 3 is 2.84 bits per heavy atom. The lowest BCUT2D eigenvalue weighted by atomic mass is 10.1. The first kappa shape index (κ1) is 10.3. The Morgan fingerprint density at radius 1 is 1.00 bits per heavy atom. The number of benzene rings is 1. The smallest absolute Gasteiger partial charge is 0.182 e. The lowest BCUT2D eigenvalue weighted by molar-refractivity contribution is 0.964. The average molecular weight is 248 g/mol. The van der Waals surface area contributed by atoms with Crippen molar-refractivity contribution >= 4 is 16.6 Å². The van der Waals surface area contributed by atoms with E-state index in [9.17, 15) is 0 Å². The summed E-state index contributed by atoms with van der Waals surface area (Å²) < 4.78 is 3.90. The van der Waals surface area contributed by atoms with Crippen LogP contribution >= 0.6 is 0 Å². The summed E-state index contributed by atoms with van der Waals surface area (Å²) in [5, 5.41) is 5.70. The van der Waals surface area contributed by atoms with Gasteiger partial charge in [0, 0.05) is 35.9 Å². The molecule has 0 radical (unpaired) electrons. The molecule has 0 aliphatic heterocycles. The first-order chi connectivity index (χ1) is 9.31. The number of pyridine rings is 1. The molecule has 19 heavy (non-hydrogen) atoms. The standard InChI is InChI=1S/C15H12N4/c1-18-9-7-11-10-12(5-6-13(11)18)15-16-14-4-2-3-8-19(14)17-15/h2-10H,1H3. The second-order valence-electron chi connectivity index (χ2n) is 4.64. The van der Waals surface area contributed by atoms with Crippen LogP contribution in [0.5, 0.6) is 0 Å². The van der Waals surface area contributed by atoms with E-state index in [1.54, 1.807) is 4.52 Å². The second-order valence-corrected chi connectivity index (χ2v) is 4.64. The largest absolute Gasteiger partial charge is 0.351 e. The van der Waals surface area contributed by atoms with Crippen LogP contribution in [0.3, 0.4) is 0 Å². The second kappa shape index (κ2) is 3.68. The van der Waals surface area contributed by atoms with Gasteiger partial charge in [0.1, 0.15) is 0 Å². The monoisotopic (exact) mass is 248 g/mol. The number of hydrogen-bond donors (Lipinski definition) is 0. The molecule has 1 aromatic carbocycles. The van der Waals surface area contributed by atoms with Crippen LogP contribution in [0.15, 0.2) is 54.9 Å². The maximum Gasteiger partial charge on any atom is 0.182 e. The van der Waals surface area contributed by atoms with Crippen LogP contribution in [-0.4, -0.2) is 19.2 Å². The van der Waals surface area contributed by atoms with Crippen LogP contribution < -0.4 is 0 Å². The molecule has 0 aliphatic rings. The number of rotatable bonds is 1. The minimum absolute atomic E-state index is 0.761. The summed E-state index contributed by atoms with van der Waals surface area (Å²) in [6.07, 6.45) is 3.97. The summed E-state index contributed by atoms with van der Waals surface area (Å²) in [4.78, 5) is 4.54. The van der Waals surface area contributed by atoms with E-state index in [0.717, 1.165) is 17.0 Å². The molecule has 4 aromatic rings. The number of aryl methyl sites for hydroxylation is 1. The minimum atomic E-state index is 0.761. The molecule has 4 heteroatoms. The van der Waals surface area contributed by atoms with E-state index in [1.807, 2.05) is 31.4 Å². The molecular formula is C15H12N4. The van der Waals surface area contributed by atoms with Gasteiger partial charge >= 0.3 is 0 Å². The van der Waals surface area contributed by atoms with Gasteiger partial charge in [-0.25, -0.2) is 9.50 Å². The van der Waals surface area contributed by atoms with Crippen LogP contribution in [0.4, 0.5) is 0 Å². The Balaban J connectivity index is 1.93. The van der Waals surface area contributed by atoms with Gasteiger partial charge < -0.3 is 4.57 Å². The van der Waals surface area contributed by atoms with Crippen molar-refractivity contribution in [3.63, 3.8) is 0 Å². The van der Waals surface area contributed by atoms with Crippen molar-refractivity contribution in [1.82, 2.24) is 19.2 Å². The van der Waals surface area contributed by atoms with Gasteiger partial charge in [-0.3, -0.25) is 0 Å². The molecule has 3 aromatic heterocycles. The van der Waals surface area contributed by atoms with E-state index >= 15 is 0 Å². The van der Waals surface area contributed by atoms with E-state index < -0.39 is 0 Å². The molecule has 0 N–H and O–H groups in total. The Labute approximate surface area is 109 Å². The molecule has 4 rings (SSSR count). The zero-order chi connectivity index (χ0) is 12.8. The number of aromatic nitrogens is 4. The van der Waals surface area contributed by atoms with Gasteiger partial charge in [-0.1, -0.05) is 6.07 Å². The third kappa shape index (κ3) is 1.53. The minimum Gasteiger partial charge on any atom is -0.351 e. The van der Waals surface area contributed by atoms with Crippen molar-refractivity contribution in [3.8, 4) is 11.4 Å². The zero-order valence-corrected chi connectivity index (χ0v) is 10.5. The summed E-state index contributed by atoms with van der Waals surface area (Å²) in [6, 6.07) is 14.3. The lowest BCUT2D eigenvalue weighted by Crippen LogP contribution is -1.86. The Kier molecular flexibility index (Phi) is 2.00. The summed E-state index contributed by atoms with van der Waals surface area (Å²) in [6.45, 7) is 0. The Hall–Kier alpha value is -2.62. The molecule has 0 saturated carbocycles. The van der Waals surface area contributed by atoms with E-state index in [-0.39, 0.29) is 0 Å². The van der Waals surface area contributed by atoms with Crippen molar-refractivity contribution in [1.29, 1.82) is 0 Å². The Bertz CT molecular complexity index is 852. The summed E-state index contributed by atoms with van der Waals surface area (Å²) >= 11 is 0. The van der Waals surface area contributed by atoms with Crippen LogP contribution in [0.1, 0.15) is 0 Å². The molecule has 0 fully saturated rings. The molecule has 92 valence electrons. The fourth-order valence-corrected chi connectivity index (χ4v) is 2.37. The average Bonchev–Trinajstić information content (AvgIpc) is 3.02. The van der Waals surface area contributed by atoms with Crippen molar-refractivity contribution < 1.29 is 0 Å². The number of hydrogen-bond acceptors (Lipinski definition) is 2. The first-order valence-electron chi connectivity index (χ1n) is 6.18. The van der Waals surface area contributed by atoms with E-state index in [0.29, 0.717) is 0 Å². The molecule has 0 spiro atoms. The molecule has 3 heterocycles. The third-order valence-corrected chi connectivity index (χ3v) is 3.38. The van der Waals surface area contributed by atoms with Crippen LogP contribution in [-0.2, 0) is 7.05 Å². The van der Waals surface area contributed by atoms with Gasteiger partial charge in [0.15, 0.2) is 11.5 Å². The van der Waals surface area contributed by atoms with Crippen LogP contribution in [0.25, 0.3) is 27.9 Å². The van der Waals surface area contributed by atoms with E-state index in [4.69, 9.17) is 0 Å². The maximum absolute atomic E-state index is 4.54. The SMILES string of the molecule is Cn1ccc2cc(-c3nc4ccccn4n3)ccc21. The van der Waals surface area contributed by atoms with Gasteiger partial charge in [0.05, 0.1) is 0 Å². The van der Waals surface area contributed by atoms with Crippen molar-refractivity contribution in [2.75, 3.05) is 0 Å². The predicted molar refractivity (Wildman–Crippen MR) is 74.9 cm³/mol. The van der Waals surface area contributed by atoms with E-state index in [2.05, 4.69) is 45.1 Å². The van der Waals surface area contributed by atoms with Gasteiger partial charge in [0.25, 0.3) is 0 Å². The zero-order valence-electron chi connectivity index (χ0n) is 10.5.